The van der Waals surface area contributed by atoms with Gasteiger partial charge in [-0.3, -0.25) is 4.79 Å². The van der Waals surface area contributed by atoms with Gasteiger partial charge in [0.2, 0.25) is 6.41 Å². The predicted molar refractivity (Wildman–Crippen MR) is 61.6 cm³/mol. The molecule has 0 aliphatic carbocycles. The molecule has 0 fully saturated rings. The lowest BCUT2D eigenvalue weighted by molar-refractivity contribution is -0.115. The summed E-state index contributed by atoms with van der Waals surface area (Å²) >= 11 is 0. The Hall–Kier alpha value is -0.610. The fourth-order valence-corrected chi connectivity index (χ4v) is 0.931. The number of carbonyl (C=O) groups is 1. The number of unbranched alkanes of at least 4 members (excludes halogenated alkanes) is 5. The van der Waals surface area contributed by atoms with Crippen molar-refractivity contribution in [2.75, 3.05) is 27.3 Å². The first-order chi connectivity index (χ1) is 7.18. The summed E-state index contributed by atoms with van der Waals surface area (Å²) in [7, 11) is 3.38. The summed E-state index contributed by atoms with van der Waals surface area (Å²) < 4.78 is 0. The Morgan fingerprint density at radius 1 is 0.867 bits per heavy atom. The van der Waals surface area contributed by atoms with Crippen molar-refractivity contribution in [1.82, 2.24) is 4.90 Å². The van der Waals surface area contributed by atoms with Crippen LogP contribution < -0.4 is 0 Å². The molecular weight excluding hydrogens is 194 g/mol. The Bertz CT molecular complexity index is 110. The van der Waals surface area contributed by atoms with Gasteiger partial charge in [-0.1, -0.05) is 25.7 Å². The molecule has 0 unspecified atom stereocenters. The second kappa shape index (κ2) is 15.8. The highest BCUT2D eigenvalue weighted by molar-refractivity contribution is 5.45. The van der Waals surface area contributed by atoms with Crippen LogP contribution in [-0.2, 0) is 4.79 Å². The number of carbonyl (C=O) groups excluding carboxylic acids is 1. The van der Waals surface area contributed by atoms with Gasteiger partial charge >= 0.3 is 0 Å². The number of aliphatic hydroxyl groups is 2. The molecule has 2 N–H and O–H groups in total. The molecule has 0 radical (unpaired) electrons. The molecule has 0 aliphatic rings. The minimum absolute atomic E-state index is 0.319. The molecule has 4 nitrogen and oxygen atoms in total. The van der Waals surface area contributed by atoms with Gasteiger partial charge < -0.3 is 15.1 Å². The van der Waals surface area contributed by atoms with Crippen LogP contribution in [0.25, 0.3) is 0 Å². The lowest BCUT2D eigenvalue weighted by Crippen LogP contribution is -2.06. The lowest BCUT2D eigenvalue weighted by atomic mass is 10.1. The van der Waals surface area contributed by atoms with Crippen molar-refractivity contribution in [3.8, 4) is 0 Å². The minimum Gasteiger partial charge on any atom is -0.396 e. The van der Waals surface area contributed by atoms with Crippen molar-refractivity contribution in [2.24, 2.45) is 0 Å². The van der Waals surface area contributed by atoms with Gasteiger partial charge in [-0.2, -0.15) is 0 Å². The van der Waals surface area contributed by atoms with E-state index in [0.29, 0.717) is 13.2 Å². The molecule has 0 aromatic heterocycles. The number of amides is 1. The van der Waals surface area contributed by atoms with Gasteiger partial charge in [0.25, 0.3) is 0 Å². The van der Waals surface area contributed by atoms with Gasteiger partial charge in [-0.05, 0) is 12.8 Å². The topological polar surface area (TPSA) is 60.8 Å². The van der Waals surface area contributed by atoms with Crippen molar-refractivity contribution >= 4 is 6.41 Å². The maximum Gasteiger partial charge on any atom is 0.209 e. The van der Waals surface area contributed by atoms with E-state index in [1.165, 1.54) is 17.7 Å². The molecule has 0 aliphatic heterocycles. The first-order valence-electron chi connectivity index (χ1n) is 5.52. The molecule has 0 atom stereocenters. The van der Waals surface area contributed by atoms with E-state index in [4.69, 9.17) is 10.2 Å². The summed E-state index contributed by atoms with van der Waals surface area (Å²) in [6.07, 6.45) is 7.25. The molecule has 0 saturated carbocycles. The Morgan fingerprint density at radius 2 is 1.13 bits per heavy atom. The Balaban J connectivity index is 0. The van der Waals surface area contributed by atoms with E-state index in [-0.39, 0.29) is 0 Å². The molecule has 92 valence electrons. The lowest BCUT2D eigenvalue weighted by Gasteiger charge is -1.97. The molecule has 0 saturated heterocycles. The number of rotatable bonds is 8. The largest absolute Gasteiger partial charge is 0.396 e. The van der Waals surface area contributed by atoms with E-state index in [0.717, 1.165) is 32.1 Å². The third kappa shape index (κ3) is 24.7. The zero-order valence-electron chi connectivity index (χ0n) is 9.98. The van der Waals surface area contributed by atoms with Crippen molar-refractivity contribution in [3.05, 3.63) is 0 Å². The monoisotopic (exact) mass is 219 g/mol. The standard InChI is InChI=1S/C8H18O2.C3H7NO/c9-7-5-3-1-2-4-6-8-10;1-4(2)3-5/h9-10H,1-8H2;3H,1-2H3. The van der Waals surface area contributed by atoms with Crippen LogP contribution in [0.3, 0.4) is 0 Å². The highest BCUT2D eigenvalue weighted by Crippen LogP contribution is 2.03. The van der Waals surface area contributed by atoms with E-state index >= 15 is 0 Å². The van der Waals surface area contributed by atoms with Crippen LogP contribution >= 0.6 is 0 Å². The maximum atomic E-state index is 9.43. The highest BCUT2D eigenvalue weighted by atomic mass is 16.3. The smallest absolute Gasteiger partial charge is 0.209 e. The van der Waals surface area contributed by atoms with Crippen molar-refractivity contribution in [1.29, 1.82) is 0 Å². The fourth-order valence-electron chi connectivity index (χ4n) is 0.931. The number of hydrogen-bond acceptors (Lipinski definition) is 3. The number of aliphatic hydroxyl groups excluding tert-OH is 2. The van der Waals surface area contributed by atoms with Crippen LogP contribution in [0, 0.1) is 0 Å². The summed E-state index contributed by atoms with van der Waals surface area (Å²) in [4.78, 5) is 10.9. The van der Waals surface area contributed by atoms with E-state index in [1.54, 1.807) is 14.1 Å². The Morgan fingerprint density at radius 3 is 1.33 bits per heavy atom. The van der Waals surface area contributed by atoms with Crippen molar-refractivity contribution in [2.45, 2.75) is 38.5 Å². The molecule has 0 rings (SSSR count). The van der Waals surface area contributed by atoms with Gasteiger partial charge in [0.05, 0.1) is 0 Å². The molecular formula is C11H25NO3. The van der Waals surface area contributed by atoms with Gasteiger partial charge in [-0.15, -0.1) is 0 Å². The van der Waals surface area contributed by atoms with Crippen LogP contribution in [0.5, 0.6) is 0 Å². The molecule has 1 amide bonds. The molecule has 0 aromatic rings. The zero-order valence-corrected chi connectivity index (χ0v) is 9.98. The molecule has 0 spiro atoms. The average Bonchev–Trinajstić information content (AvgIpc) is 2.24. The second-order valence-electron chi connectivity index (χ2n) is 3.64. The summed E-state index contributed by atoms with van der Waals surface area (Å²) in [6.45, 7) is 0.639. The van der Waals surface area contributed by atoms with Crippen LogP contribution in [-0.4, -0.2) is 48.8 Å². The summed E-state index contributed by atoms with van der Waals surface area (Å²) in [5.41, 5.74) is 0. The fraction of sp³-hybridized carbons (Fsp3) is 0.909. The van der Waals surface area contributed by atoms with Crippen LogP contribution in [0.2, 0.25) is 0 Å². The minimum atomic E-state index is 0.319. The summed E-state index contributed by atoms with van der Waals surface area (Å²) in [6, 6.07) is 0. The summed E-state index contributed by atoms with van der Waals surface area (Å²) in [5.74, 6) is 0. The average molecular weight is 219 g/mol. The first kappa shape index (κ1) is 16.8. The quantitative estimate of drug-likeness (QED) is 0.473. The zero-order chi connectivity index (χ0) is 11.9. The third-order valence-electron chi connectivity index (χ3n) is 1.78. The molecule has 0 aromatic carbocycles. The van der Waals surface area contributed by atoms with E-state index < -0.39 is 0 Å². The number of nitrogens with zero attached hydrogens (tertiary/aromatic N) is 1. The molecule has 0 heterocycles. The van der Waals surface area contributed by atoms with Crippen molar-refractivity contribution < 1.29 is 15.0 Å². The van der Waals surface area contributed by atoms with Crippen LogP contribution in [0.4, 0.5) is 0 Å². The first-order valence-corrected chi connectivity index (χ1v) is 5.52. The van der Waals surface area contributed by atoms with Crippen LogP contribution in [0.1, 0.15) is 38.5 Å². The molecule has 4 heteroatoms. The number of hydrogen-bond donors (Lipinski definition) is 2. The van der Waals surface area contributed by atoms with Gasteiger partial charge in [0.15, 0.2) is 0 Å². The van der Waals surface area contributed by atoms with Gasteiger partial charge in [-0.25, -0.2) is 0 Å². The Labute approximate surface area is 92.9 Å². The van der Waals surface area contributed by atoms with Gasteiger partial charge in [0.1, 0.15) is 0 Å². The third-order valence-corrected chi connectivity index (χ3v) is 1.78. The van der Waals surface area contributed by atoms with E-state index in [9.17, 15) is 4.79 Å². The Kier molecular flexibility index (Phi) is 17.8. The van der Waals surface area contributed by atoms with Gasteiger partial charge in [0, 0.05) is 27.3 Å². The van der Waals surface area contributed by atoms with E-state index in [1.807, 2.05) is 0 Å². The second-order valence-corrected chi connectivity index (χ2v) is 3.64. The van der Waals surface area contributed by atoms with Crippen LogP contribution in [0.15, 0.2) is 0 Å². The summed E-state index contributed by atoms with van der Waals surface area (Å²) in [5, 5.41) is 16.9. The predicted octanol–water partition coefficient (Wildman–Crippen LogP) is 1.02. The molecule has 0 bridgehead atoms. The maximum absolute atomic E-state index is 9.43. The normalized spacial score (nSPS) is 9.07. The SMILES string of the molecule is CN(C)C=O.OCCCCCCCCO. The van der Waals surface area contributed by atoms with Crippen molar-refractivity contribution in [3.63, 3.8) is 0 Å². The molecule has 15 heavy (non-hydrogen) atoms. The van der Waals surface area contributed by atoms with E-state index in [2.05, 4.69) is 0 Å². The highest BCUT2D eigenvalue weighted by Gasteiger charge is 1.88.